The van der Waals surface area contributed by atoms with E-state index in [1.54, 1.807) is 11.3 Å². The van der Waals surface area contributed by atoms with Gasteiger partial charge in [0.05, 0.1) is 10.6 Å². The molecule has 2 unspecified atom stereocenters. The number of ether oxygens (including phenoxy) is 1. The van der Waals surface area contributed by atoms with Crippen LogP contribution in [0.2, 0.25) is 0 Å². The summed E-state index contributed by atoms with van der Waals surface area (Å²) in [4.78, 5) is 23.5. The van der Waals surface area contributed by atoms with Crippen molar-refractivity contribution in [3.05, 3.63) is 51.2 Å². The van der Waals surface area contributed by atoms with Crippen LogP contribution in [0.1, 0.15) is 67.2 Å². The SMILES string of the molecule is CCCN(CCCNC(=O)OC1CCC1)C(O)C1=Cc2sc(CN3CCC(Nc4ccc(CN)cc4)C3)cc2N=C(N)C1. The highest BCUT2D eigenvalue weighted by atomic mass is 32.1. The normalized spacial score (nSPS) is 19.7. The van der Waals surface area contributed by atoms with Crippen molar-refractivity contribution in [1.82, 2.24) is 15.1 Å². The molecule has 0 spiro atoms. The molecule has 0 bridgehead atoms. The minimum absolute atomic E-state index is 0.0741. The van der Waals surface area contributed by atoms with Gasteiger partial charge in [-0.2, -0.15) is 0 Å². The van der Waals surface area contributed by atoms with Crippen LogP contribution in [-0.2, 0) is 17.8 Å². The third-order valence-corrected chi connectivity index (χ3v) is 9.43. The number of amidine groups is 1. The number of nitrogens with zero attached hydrogens (tertiary/aromatic N) is 3. The summed E-state index contributed by atoms with van der Waals surface area (Å²) in [7, 11) is 0. The van der Waals surface area contributed by atoms with E-state index in [1.165, 1.54) is 4.88 Å². The van der Waals surface area contributed by atoms with Gasteiger partial charge in [-0.25, -0.2) is 9.79 Å². The summed E-state index contributed by atoms with van der Waals surface area (Å²) in [6.07, 6.45) is 7.23. The van der Waals surface area contributed by atoms with E-state index >= 15 is 0 Å². The quantitative estimate of drug-likeness (QED) is 0.157. The zero-order valence-electron chi connectivity index (χ0n) is 25.3. The third kappa shape index (κ3) is 8.79. The van der Waals surface area contributed by atoms with Crippen molar-refractivity contribution in [2.75, 3.05) is 38.0 Å². The standard InChI is InChI=1S/C32H47N7O3S/c1-2-13-39(14-4-12-35-32(41)42-26-5-3-6-26)31(40)23-16-29-28(37-30(34)17-23)18-27(43-29)21-38-15-11-25(20-38)36-24-9-7-22(19-33)8-10-24/h7-10,16,18,25-26,31,36,40H,2-6,11-15,17,19-21,33H2,1H3,(H2,34,37)(H,35,41). The van der Waals surface area contributed by atoms with Crippen LogP contribution in [0.4, 0.5) is 16.2 Å². The summed E-state index contributed by atoms with van der Waals surface area (Å²) >= 11 is 1.73. The van der Waals surface area contributed by atoms with Crippen LogP contribution in [-0.4, -0.2) is 77.9 Å². The molecule has 2 aromatic rings. The van der Waals surface area contributed by atoms with Crippen LogP contribution in [0.15, 0.2) is 40.9 Å². The predicted octanol–water partition coefficient (Wildman–Crippen LogP) is 4.37. The monoisotopic (exact) mass is 609 g/mol. The Kier molecular flexibility index (Phi) is 11.1. The molecule has 2 aliphatic heterocycles. The van der Waals surface area contributed by atoms with Gasteiger partial charge in [0.2, 0.25) is 0 Å². The number of rotatable bonds is 14. The van der Waals surface area contributed by atoms with Crippen molar-refractivity contribution >= 4 is 40.7 Å². The zero-order chi connectivity index (χ0) is 30.2. The number of carbonyl (C=O) groups is 1. The second-order valence-corrected chi connectivity index (χ2v) is 13.0. The van der Waals surface area contributed by atoms with E-state index in [0.717, 1.165) is 85.7 Å². The van der Waals surface area contributed by atoms with Gasteiger partial charge < -0.3 is 31.9 Å². The van der Waals surface area contributed by atoms with Crippen LogP contribution >= 0.6 is 11.3 Å². The minimum atomic E-state index is -0.767. The van der Waals surface area contributed by atoms with E-state index in [9.17, 15) is 9.90 Å². The molecule has 1 saturated carbocycles. The highest BCUT2D eigenvalue weighted by molar-refractivity contribution is 7.13. The number of aliphatic hydroxyl groups is 1. The second-order valence-electron chi connectivity index (χ2n) is 11.9. The lowest BCUT2D eigenvalue weighted by atomic mass is 9.96. The number of hydrogen-bond acceptors (Lipinski definition) is 10. The Morgan fingerprint density at radius 1 is 1.26 bits per heavy atom. The molecule has 234 valence electrons. The fraction of sp³-hybridized carbons (Fsp3) is 0.562. The van der Waals surface area contributed by atoms with Crippen molar-refractivity contribution < 1.29 is 14.6 Å². The summed E-state index contributed by atoms with van der Waals surface area (Å²) in [5, 5.41) is 17.9. The van der Waals surface area contributed by atoms with Crippen molar-refractivity contribution in [2.45, 2.75) is 83.3 Å². The first-order valence-corrected chi connectivity index (χ1v) is 16.5. The number of benzene rings is 1. The number of carbonyl (C=O) groups excluding carboxylic acids is 1. The second kappa shape index (κ2) is 15.2. The maximum Gasteiger partial charge on any atom is 0.407 e. The molecule has 1 aromatic heterocycles. The fourth-order valence-electron chi connectivity index (χ4n) is 5.82. The number of nitrogens with two attached hydrogens (primary N) is 2. The summed E-state index contributed by atoms with van der Waals surface area (Å²) in [6, 6.07) is 10.9. The highest BCUT2D eigenvalue weighted by Gasteiger charge is 2.26. The summed E-state index contributed by atoms with van der Waals surface area (Å²) in [6.45, 7) is 7.43. The Balaban J connectivity index is 1.15. The molecule has 7 N–H and O–H groups in total. The molecule has 11 heteroatoms. The number of alkyl carbamates (subject to hydrolysis) is 1. The van der Waals surface area contributed by atoms with E-state index < -0.39 is 6.23 Å². The number of likely N-dealkylation sites (tertiary alicyclic amines) is 1. The molecule has 1 amide bonds. The molecule has 2 fully saturated rings. The molecule has 5 rings (SSSR count). The van der Waals surface area contributed by atoms with E-state index in [2.05, 4.69) is 63.8 Å². The Labute approximate surface area is 259 Å². The first-order chi connectivity index (χ1) is 20.9. The van der Waals surface area contributed by atoms with E-state index in [4.69, 9.17) is 21.2 Å². The van der Waals surface area contributed by atoms with Crippen LogP contribution in [0, 0.1) is 0 Å². The molecule has 2 atom stereocenters. The van der Waals surface area contributed by atoms with E-state index in [0.29, 0.717) is 44.4 Å². The van der Waals surface area contributed by atoms with Gasteiger partial charge in [-0.15, -0.1) is 11.3 Å². The molecule has 3 aliphatic rings. The molecule has 10 nitrogen and oxygen atoms in total. The molecular weight excluding hydrogens is 562 g/mol. The lowest BCUT2D eigenvalue weighted by molar-refractivity contribution is 0.0307. The number of fused-ring (bicyclic) bond motifs is 1. The van der Waals surface area contributed by atoms with Crippen LogP contribution in [0.3, 0.4) is 0 Å². The van der Waals surface area contributed by atoms with Crippen molar-refractivity contribution in [3.63, 3.8) is 0 Å². The van der Waals surface area contributed by atoms with Crippen molar-refractivity contribution in [1.29, 1.82) is 0 Å². The topological polar surface area (TPSA) is 141 Å². The average Bonchev–Trinajstić information content (AvgIpc) is 3.53. The maximum absolute atomic E-state index is 12.0. The van der Waals surface area contributed by atoms with Gasteiger partial charge in [-0.1, -0.05) is 19.1 Å². The molecular formula is C32H47N7O3S. The molecule has 0 radical (unpaired) electrons. The minimum Gasteiger partial charge on any atom is -0.446 e. The number of amides is 1. The van der Waals surface area contributed by atoms with Gasteiger partial charge in [0.25, 0.3) is 0 Å². The number of thiophene rings is 1. The molecule has 1 saturated heterocycles. The number of aliphatic hydroxyl groups excluding tert-OH is 1. The number of aliphatic imine (C=N–C) groups is 1. The molecule has 1 aliphatic carbocycles. The molecule has 1 aromatic carbocycles. The lowest BCUT2D eigenvalue weighted by Crippen LogP contribution is -2.40. The Hall–Kier alpha value is -2.96. The van der Waals surface area contributed by atoms with E-state index in [1.807, 2.05) is 0 Å². The van der Waals surface area contributed by atoms with Crippen LogP contribution < -0.4 is 22.1 Å². The Morgan fingerprint density at radius 3 is 2.79 bits per heavy atom. The number of anilines is 1. The van der Waals surface area contributed by atoms with Crippen molar-refractivity contribution in [2.24, 2.45) is 16.5 Å². The first kappa shape index (κ1) is 31.5. The van der Waals surface area contributed by atoms with Gasteiger partial charge in [0.15, 0.2) is 0 Å². The largest absolute Gasteiger partial charge is 0.446 e. The third-order valence-electron chi connectivity index (χ3n) is 8.37. The zero-order valence-corrected chi connectivity index (χ0v) is 26.1. The van der Waals surface area contributed by atoms with Crippen LogP contribution in [0.25, 0.3) is 6.08 Å². The smallest absolute Gasteiger partial charge is 0.407 e. The van der Waals surface area contributed by atoms with Gasteiger partial charge >= 0.3 is 6.09 Å². The van der Waals surface area contributed by atoms with E-state index in [-0.39, 0.29) is 12.2 Å². The Bertz CT molecular complexity index is 1270. The van der Waals surface area contributed by atoms with Crippen molar-refractivity contribution in [3.8, 4) is 0 Å². The van der Waals surface area contributed by atoms with Gasteiger partial charge in [-0.3, -0.25) is 9.80 Å². The highest BCUT2D eigenvalue weighted by Crippen LogP contribution is 2.36. The predicted molar refractivity (Wildman–Crippen MR) is 174 cm³/mol. The van der Waals surface area contributed by atoms with Crippen LogP contribution in [0.5, 0.6) is 0 Å². The summed E-state index contributed by atoms with van der Waals surface area (Å²) in [5.74, 6) is 0.511. The molecule has 3 heterocycles. The van der Waals surface area contributed by atoms with Gasteiger partial charge in [0.1, 0.15) is 18.2 Å². The Morgan fingerprint density at radius 2 is 2.07 bits per heavy atom. The summed E-state index contributed by atoms with van der Waals surface area (Å²) < 4.78 is 5.36. The van der Waals surface area contributed by atoms with Gasteiger partial charge in [-0.05, 0) is 73.9 Å². The fourth-order valence-corrected chi connectivity index (χ4v) is 6.94. The molecule has 43 heavy (non-hydrogen) atoms. The average molecular weight is 610 g/mol. The first-order valence-electron chi connectivity index (χ1n) is 15.7. The number of hydrogen-bond donors (Lipinski definition) is 5. The lowest BCUT2D eigenvalue weighted by Gasteiger charge is -2.29. The number of nitrogens with one attached hydrogen (secondary N) is 2. The van der Waals surface area contributed by atoms with Gasteiger partial charge in [0, 0.05) is 68.8 Å². The maximum atomic E-state index is 12.0. The summed E-state index contributed by atoms with van der Waals surface area (Å²) in [5.41, 5.74) is 16.1.